The first-order valence-electron chi connectivity index (χ1n) is 11.0. The van der Waals surface area contributed by atoms with Crippen LogP contribution in [0.2, 0.25) is 0 Å². The van der Waals surface area contributed by atoms with Gasteiger partial charge >= 0.3 is 5.69 Å². The molecule has 1 N–H and O–H groups in total. The largest absolute Gasteiger partial charge is 0.490 e. The molecule has 1 heterocycles. The molecule has 0 saturated heterocycles. The standard InChI is InChI=1S/C27H25N3O4/c1-3-10-21-15-20(16-24(33-4-2)25(21)34-18-19-11-6-5-7-12-19)17-28-30-26(31)22-13-8-9-14-23(22)29-27(30)32/h3,5-9,11-17H,1,4,10,18H2,2H3,(H,29,32). The van der Waals surface area contributed by atoms with Crippen molar-refractivity contribution >= 4 is 17.1 Å². The topological polar surface area (TPSA) is 85.7 Å². The van der Waals surface area contributed by atoms with Gasteiger partial charge in [-0.1, -0.05) is 48.5 Å². The molecule has 1 aromatic heterocycles. The lowest BCUT2D eigenvalue weighted by molar-refractivity contribution is 0.267. The minimum absolute atomic E-state index is 0.381. The minimum Gasteiger partial charge on any atom is -0.490 e. The van der Waals surface area contributed by atoms with Crippen molar-refractivity contribution in [3.63, 3.8) is 0 Å². The van der Waals surface area contributed by atoms with E-state index in [9.17, 15) is 9.59 Å². The summed E-state index contributed by atoms with van der Waals surface area (Å²) in [5.74, 6) is 1.18. The molecule has 0 aliphatic carbocycles. The summed E-state index contributed by atoms with van der Waals surface area (Å²) in [5.41, 5.74) is 1.92. The number of nitrogens with zero attached hydrogens (tertiary/aromatic N) is 2. The highest BCUT2D eigenvalue weighted by Crippen LogP contribution is 2.34. The summed E-state index contributed by atoms with van der Waals surface area (Å²) in [6.45, 7) is 6.57. The van der Waals surface area contributed by atoms with Gasteiger partial charge in [0.05, 0.1) is 23.7 Å². The van der Waals surface area contributed by atoms with E-state index in [1.807, 2.05) is 43.3 Å². The molecule has 34 heavy (non-hydrogen) atoms. The zero-order chi connectivity index (χ0) is 23.9. The molecule has 7 heteroatoms. The molecule has 4 rings (SSSR count). The second-order valence-corrected chi connectivity index (χ2v) is 7.54. The van der Waals surface area contributed by atoms with Crippen LogP contribution in [0.3, 0.4) is 0 Å². The Bertz CT molecular complexity index is 1450. The zero-order valence-electron chi connectivity index (χ0n) is 18.9. The molecule has 0 bridgehead atoms. The highest BCUT2D eigenvalue weighted by Gasteiger charge is 2.14. The zero-order valence-corrected chi connectivity index (χ0v) is 18.9. The number of hydrogen-bond donors (Lipinski definition) is 1. The van der Waals surface area contributed by atoms with Crippen LogP contribution in [-0.2, 0) is 13.0 Å². The highest BCUT2D eigenvalue weighted by atomic mass is 16.5. The van der Waals surface area contributed by atoms with Gasteiger partial charge < -0.3 is 14.5 Å². The first-order chi connectivity index (χ1) is 16.6. The van der Waals surface area contributed by atoms with Gasteiger partial charge in [-0.2, -0.15) is 5.10 Å². The van der Waals surface area contributed by atoms with Crippen LogP contribution in [-0.4, -0.2) is 22.5 Å². The molecule has 0 atom stereocenters. The number of rotatable bonds is 9. The van der Waals surface area contributed by atoms with Crippen molar-refractivity contribution in [2.24, 2.45) is 5.10 Å². The Balaban J connectivity index is 1.72. The van der Waals surface area contributed by atoms with Crippen LogP contribution in [0.1, 0.15) is 23.6 Å². The third-order valence-electron chi connectivity index (χ3n) is 5.15. The van der Waals surface area contributed by atoms with Gasteiger partial charge in [0.25, 0.3) is 5.56 Å². The predicted octanol–water partition coefficient (Wildman–Crippen LogP) is 4.28. The van der Waals surface area contributed by atoms with Crippen molar-refractivity contribution in [1.82, 2.24) is 9.66 Å². The van der Waals surface area contributed by atoms with Crippen LogP contribution in [0.15, 0.2) is 94.1 Å². The minimum atomic E-state index is -0.612. The van der Waals surface area contributed by atoms with E-state index in [1.165, 1.54) is 6.21 Å². The van der Waals surface area contributed by atoms with Crippen molar-refractivity contribution in [3.05, 3.63) is 117 Å². The number of H-pyrrole nitrogens is 1. The quantitative estimate of drug-likeness (QED) is 0.302. The number of aromatic nitrogens is 2. The van der Waals surface area contributed by atoms with Gasteiger partial charge in [-0.15, -0.1) is 11.3 Å². The smallest absolute Gasteiger partial charge is 0.349 e. The van der Waals surface area contributed by atoms with Gasteiger partial charge in [-0.3, -0.25) is 4.79 Å². The molecule has 4 aromatic rings. The van der Waals surface area contributed by atoms with Crippen molar-refractivity contribution in [3.8, 4) is 11.5 Å². The number of aromatic amines is 1. The maximum absolute atomic E-state index is 12.8. The van der Waals surface area contributed by atoms with Crippen molar-refractivity contribution in [1.29, 1.82) is 0 Å². The van der Waals surface area contributed by atoms with E-state index < -0.39 is 11.2 Å². The van der Waals surface area contributed by atoms with E-state index in [4.69, 9.17) is 9.47 Å². The van der Waals surface area contributed by atoms with E-state index in [0.717, 1.165) is 15.8 Å². The van der Waals surface area contributed by atoms with Gasteiger partial charge in [-0.25, -0.2) is 4.79 Å². The Morgan fingerprint density at radius 1 is 1.03 bits per heavy atom. The van der Waals surface area contributed by atoms with Crippen LogP contribution in [0, 0.1) is 0 Å². The van der Waals surface area contributed by atoms with E-state index in [1.54, 1.807) is 36.4 Å². The fourth-order valence-corrected chi connectivity index (χ4v) is 3.60. The number of allylic oxidation sites excluding steroid dienone is 1. The Labute approximate surface area is 196 Å². The molecule has 0 radical (unpaired) electrons. The van der Waals surface area contributed by atoms with Gasteiger partial charge in [0, 0.05) is 5.56 Å². The van der Waals surface area contributed by atoms with Crippen LogP contribution in [0.4, 0.5) is 0 Å². The summed E-state index contributed by atoms with van der Waals surface area (Å²) >= 11 is 0. The second-order valence-electron chi connectivity index (χ2n) is 7.54. The summed E-state index contributed by atoms with van der Waals surface area (Å²) in [7, 11) is 0. The first-order valence-corrected chi connectivity index (χ1v) is 11.0. The third kappa shape index (κ3) is 4.99. The van der Waals surface area contributed by atoms with Crippen molar-refractivity contribution < 1.29 is 9.47 Å². The highest BCUT2D eigenvalue weighted by molar-refractivity contribution is 5.82. The summed E-state index contributed by atoms with van der Waals surface area (Å²) in [4.78, 5) is 27.9. The SMILES string of the molecule is C=CCc1cc(C=Nn2c(=O)[nH]c3ccccc3c2=O)cc(OCC)c1OCc1ccccc1. The van der Waals surface area contributed by atoms with Gasteiger partial charge in [0.15, 0.2) is 11.5 Å². The Morgan fingerprint density at radius 3 is 2.56 bits per heavy atom. The lowest BCUT2D eigenvalue weighted by atomic mass is 10.1. The Morgan fingerprint density at radius 2 is 1.79 bits per heavy atom. The number of hydrogen-bond acceptors (Lipinski definition) is 5. The number of benzene rings is 3. The summed E-state index contributed by atoms with van der Waals surface area (Å²) < 4.78 is 12.8. The number of nitrogens with one attached hydrogen (secondary N) is 1. The van der Waals surface area contributed by atoms with Gasteiger partial charge in [0.1, 0.15) is 6.61 Å². The molecule has 172 valence electrons. The van der Waals surface area contributed by atoms with E-state index in [0.29, 0.717) is 47.6 Å². The normalized spacial score (nSPS) is 11.1. The number of ether oxygens (including phenoxy) is 2. The Hall–Kier alpha value is -4.39. The average molecular weight is 456 g/mol. The van der Waals surface area contributed by atoms with Crippen molar-refractivity contribution in [2.45, 2.75) is 20.0 Å². The number of para-hydroxylation sites is 1. The summed E-state index contributed by atoms with van der Waals surface area (Å²) in [5, 5.41) is 4.55. The van der Waals surface area contributed by atoms with Crippen LogP contribution >= 0.6 is 0 Å². The fourth-order valence-electron chi connectivity index (χ4n) is 3.60. The molecular formula is C27H25N3O4. The van der Waals surface area contributed by atoms with Gasteiger partial charge in [-0.05, 0) is 48.7 Å². The van der Waals surface area contributed by atoms with E-state index in [2.05, 4.69) is 16.7 Å². The van der Waals surface area contributed by atoms with E-state index in [-0.39, 0.29) is 0 Å². The fraction of sp³-hybridized carbons (Fsp3) is 0.148. The van der Waals surface area contributed by atoms with Crippen LogP contribution < -0.4 is 20.7 Å². The predicted molar refractivity (Wildman–Crippen MR) is 134 cm³/mol. The molecule has 0 amide bonds. The molecule has 0 saturated carbocycles. The monoisotopic (exact) mass is 455 g/mol. The Kier molecular flexibility index (Phi) is 7.03. The molecular weight excluding hydrogens is 430 g/mol. The first kappa shape index (κ1) is 22.8. The molecule has 3 aromatic carbocycles. The maximum atomic E-state index is 12.8. The van der Waals surface area contributed by atoms with Crippen LogP contribution in [0.5, 0.6) is 11.5 Å². The van der Waals surface area contributed by atoms with Crippen LogP contribution in [0.25, 0.3) is 10.9 Å². The molecule has 0 unspecified atom stereocenters. The molecule has 0 spiro atoms. The maximum Gasteiger partial charge on any atom is 0.349 e. The second kappa shape index (κ2) is 10.5. The molecule has 0 aliphatic heterocycles. The molecule has 7 nitrogen and oxygen atoms in total. The molecule has 0 fully saturated rings. The summed E-state index contributed by atoms with van der Waals surface area (Å²) in [6.07, 6.45) is 3.78. The third-order valence-corrected chi connectivity index (χ3v) is 5.15. The summed E-state index contributed by atoms with van der Waals surface area (Å²) in [6, 6.07) is 20.3. The van der Waals surface area contributed by atoms with E-state index >= 15 is 0 Å². The van der Waals surface area contributed by atoms with Crippen molar-refractivity contribution in [2.75, 3.05) is 6.61 Å². The average Bonchev–Trinajstić information content (AvgIpc) is 2.84. The van der Waals surface area contributed by atoms with Gasteiger partial charge in [0.2, 0.25) is 0 Å². The number of fused-ring (bicyclic) bond motifs is 1. The lowest BCUT2D eigenvalue weighted by Gasteiger charge is -2.16. The lowest BCUT2D eigenvalue weighted by Crippen LogP contribution is -2.32. The molecule has 0 aliphatic rings.